The Balaban J connectivity index is 2.01. The van der Waals surface area contributed by atoms with E-state index in [1.165, 1.54) is 16.2 Å². The van der Waals surface area contributed by atoms with E-state index in [4.69, 9.17) is 0 Å². The lowest BCUT2D eigenvalue weighted by Gasteiger charge is -2.13. The summed E-state index contributed by atoms with van der Waals surface area (Å²) in [5.41, 5.74) is 3.60. The molecule has 0 aliphatic heterocycles. The van der Waals surface area contributed by atoms with Gasteiger partial charge >= 0.3 is 0 Å². The van der Waals surface area contributed by atoms with Crippen LogP contribution in [0, 0.1) is 6.92 Å². The normalized spacial score (nSPS) is 12.6. The van der Waals surface area contributed by atoms with Crippen LogP contribution in [0.3, 0.4) is 0 Å². The van der Waals surface area contributed by atoms with Crippen molar-refractivity contribution >= 4 is 27.7 Å². The molecule has 1 N–H and O–H groups in total. The molecular formula is C16H22BrN3S. The van der Waals surface area contributed by atoms with Gasteiger partial charge in [-0.1, -0.05) is 19.1 Å². The van der Waals surface area contributed by atoms with Crippen LogP contribution in [0.1, 0.15) is 36.8 Å². The van der Waals surface area contributed by atoms with E-state index in [2.05, 4.69) is 64.5 Å². The molecule has 0 bridgehead atoms. The molecule has 0 amide bonds. The van der Waals surface area contributed by atoms with E-state index in [0.717, 1.165) is 22.5 Å². The average Bonchev–Trinajstić information content (AvgIpc) is 2.71. The molecule has 114 valence electrons. The van der Waals surface area contributed by atoms with E-state index in [1.54, 1.807) is 0 Å². The number of aryl methyl sites for hydroxylation is 2. The predicted molar refractivity (Wildman–Crippen MR) is 93.7 cm³/mol. The molecule has 0 fully saturated rings. The second-order valence-corrected chi connectivity index (χ2v) is 6.95. The molecule has 2 rings (SSSR count). The quantitative estimate of drug-likeness (QED) is 0.764. The van der Waals surface area contributed by atoms with Gasteiger partial charge in [0.25, 0.3) is 0 Å². The molecule has 0 radical (unpaired) electrons. The molecule has 1 aromatic carbocycles. The van der Waals surface area contributed by atoms with E-state index in [0.29, 0.717) is 6.04 Å². The van der Waals surface area contributed by atoms with Gasteiger partial charge in [0.15, 0.2) is 0 Å². The number of halogens is 1. The standard InChI is InChI=1S/C16H22BrN3S/c1-5-18-11(2)13-6-8-14(9-7-13)21-10-15-16(17)12(3)19-20(15)4/h6-9,11,18H,5,10H2,1-4H3. The van der Waals surface area contributed by atoms with Crippen molar-refractivity contribution in [3.05, 3.63) is 45.7 Å². The third-order valence-corrected chi connectivity index (χ3v) is 5.58. The van der Waals surface area contributed by atoms with Crippen LogP contribution in [0.25, 0.3) is 0 Å². The summed E-state index contributed by atoms with van der Waals surface area (Å²) in [5, 5.41) is 7.86. The summed E-state index contributed by atoms with van der Waals surface area (Å²) in [7, 11) is 1.99. The molecule has 1 heterocycles. The summed E-state index contributed by atoms with van der Waals surface area (Å²) >= 11 is 5.46. The minimum Gasteiger partial charge on any atom is -0.310 e. The van der Waals surface area contributed by atoms with Crippen molar-refractivity contribution in [2.45, 2.75) is 37.5 Å². The number of benzene rings is 1. The molecule has 0 aliphatic carbocycles. The molecule has 1 aromatic heterocycles. The van der Waals surface area contributed by atoms with E-state index in [1.807, 2.05) is 30.4 Å². The fourth-order valence-corrected chi connectivity index (χ4v) is 3.89. The van der Waals surface area contributed by atoms with Crippen molar-refractivity contribution in [3.8, 4) is 0 Å². The summed E-state index contributed by atoms with van der Waals surface area (Å²) in [5.74, 6) is 0.917. The zero-order valence-electron chi connectivity index (χ0n) is 13.0. The molecule has 1 unspecified atom stereocenters. The van der Waals surface area contributed by atoms with E-state index in [-0.39, 0.29) is 0 Å². The molecular weight excluding hydrogens is 346 g/mol. The van der Waals surface area contributed by atoms with Gasteiger partial charge in [-0.05, 0) is 54.0 Å². The smallest absolute Gasteiger partial charge is 0.0738 e. The summed E-state index contributed by atoms with van der Waals surface area (Å²) in [6, 6.07) is 9.22. The van der Waals surface area contributed by atoms with E-state index < -0.39 is 0 Å². The third kappa shape index (κ3) is 4.11. The van der Waals surface area contributed by atoms with Crippen LogP contribution in [0.5, 0.6) is 0 Å². The Bertz CT molecular complexity index is 592. The second kappa shape index (κ2) is 7.47. The van der Waals surface area contributed by atoms with Crippen molar-refractivity contribution in [1.29, 1.82) is 0 Å². The SMILES string of the molecule is CCNC(C)c1ccc(SCc2c(Br)c(C)nn2C)cc1. The summed E-state index contributed by atoms with van der Waals surface area (Å²) in [4.78, 5) is 1.29. The summed E-state index contributed by atoms with van der Waals surface area (Å²) < 4.78 is 3.07. The molecule has 3 nitrogen and oxygen atoms in total. The van der Waals surface area contributed by atoms with Gasteiger partial charge in [-0.15, -0.1) is 11.8 Å². The topological polar surface area (TPSA) is 29.9 Å². The number of aromatic nitrogens is 2. The molecule has 0 spiro atoms. The van der Waals surface area contributed by atoms with Crippen molar-refractivity contribution in [3.63, 3.8) is 0 Å². The molecule has 5 heteroatoms. The van der Waals surface area contributed by atoms with Gasteiger partial charge in [0.2, 0.25) is 0 Å². The van der Waals surface area contributed by atoms with Crippen LogP contribution in [0.4, 0.5) is 0 Å². The van der Waals surface area contributed by atoms with Gasteiger partial charge in [0.1, 0.15) is 0 Å². The first-order valence-corrected chi connectivity index (χ1v) is 8.95. The van der Waals surface area contributed by atoms with Crippen molar-refractivity contribution in [2.24, 2.45) is 7.05 Å². The molecule has 2 aromatic rings. The highest BCUT2D eigenvalue weighted by Crippen LogP contribution is 2.29. The second-order valence-electron chi connectivity index (χ2n) is 5.11. The maximum Gasteiger partial charge on any atom is 0.0738 e. The molecule has 1 atom stereocenters. The van der Waals surface area contributed by atoms with E-state index in [9.17, 15) is 0 Å². The first-order valence-electron chi connectivity index (χ1n) is 7.17. The number of nitrogens with one attached hydrogen (secondary N) is 1. The fraction of sp³-hybridized carbons (Fsp3) is 0.438. The Morgan fingerprint density at radius 2 is 2.00 bits per heavy atom. The van der Waals surface area contributed by atoms with Crippen LogP contribution in [0.15, 0.2) is 33.6 Å². The number of hydrogen-bond donors (Lipinski definition) is 1. The van der Waals surface area contributed by atoms with Crippen LogP contribution in [-0.4, -0.2) is 16.3 Å². The minimum absolute atomic E-state index is 0.405. The first kappa shape index (κ1) is 16.6. The molecule has 0 saturated carbocycles. The zero-order chi connectivity index (χ0) is 15.4. The maximum absolute atomic E-state index is 4.43. The van der Waals surface area contributed by atoms with E-state index >= 15 is 0 Å². The van der Waals surface area contributed by atoms with Gasteiger partial charge in [0.05, 0.1) is 15.9 Å². The number of hydrogen-bond acceptors (Lipinski definition) is 3. The minimum atomic E-state index is 0.405. The Morgan fingerprint density at radius 3 is 2.52 bits per heavy atom. The van der Waals surface area contributed by atoms with Gasteiger partial charge < -0.3 is 5.32 Å². The maximum atomic E-state index is 4.43. The fourth-order valence-electron chi connectivity index (χ4n) is 2.27. The van der Waals surface area contributed by atoms with Crippen molar-refractivity contribution in [2.75, 3.05) is 6.54 Å². The van der Waals surface area contributed by atoms with Gasteiger partial charge in [0, 0.05) is 23.7 Å². The Labute approximate surface area is 139 Å². The van der Waals surface area contributed by atoms with Gasteiger partial charge in [-0.3, -0.25) is 4.68 Å². The van der Waals surface area contributed by atoms with Gasteiger partial charge in [-0.25, -0.2) is 0 Å². The number of thioether (sulfide) groups is 1. The highest BCUT2D eigenvalue weighted by Gasteiger charge is 2.11. The molecule has 21 heavy (non-hydrogen) atoms. The summed E-state index contributed by atoms with van der Waals surface area (Å²) in [6.45, 7) is 7.34. The largest absolute Gasteiger partial charge is 0.310 e. The Hall–Kier alpha value is -0.780. The highest BCUT2D eigenvalue weighted by molar-refractivity contribution is 9.10. The Morgan fingerprint density at radius 1 is 1.33 bits per heavy atom. The monoisotopic (exact) mass is 367 g/mol. The lowest BCUT2D eigenvalue weighted by Crippen LogP contribution is -2.17. The van der Waals surface area contributed by atoms with Crippen LogP contribution in [-0.2, 0) is 12.8 Å². The van der Waals surface area contributed by atoms with Crippen molar-refractivity contribution in [1.82, 2.24) is 15.1 Å². The Kier molecular flexibility index (Phi) is 5.90. The third-order valence-electron chi connectivity index (χ3n) is 3.53. The predicted octanol–water partition coefficient (Wildman–Crippen LogP) is 4.45. The number of nitrogens with zero attached hydrogens (tertiary/aromatic N) is 2. The number of rotatable bonds is 6. The van der Waals surface area contributed by atoms with Crippen LogP contribution in [0.2, 0.25) is 0 Å². The van der Waals surface area contributed by atoms with Crippen molar-refractivity contribution < 1.29 is 0 Å². The average molecular weight is 368 g/mol. The van der Waals surface area contributed by atoms with Crippen LogP contribution < -0.4 is 5.32 Å². The lowest BCUT2D eigenvalue weighted by molar-refractivity contribution is 0.598. The first-order chi connectivity index (χ1) is 10.0. The lowest BCUT2D eigenvalue weighted by atomic mass is 10.1. The highest BCUT2D eigenvalue weighted by atomic mass is 79.9. The molecule has 0 saturated heterocycles. The zero-order valence-corrected chi connectivity index (χ0v) is 15.4. The van der Waals surface area contributed by atoms with Gasteiger partial charge in [-0.2, -0.15) is 5.10 Å². The summed E-state index contributed by atoms with van der Waals surface area (Å²) in [6.07, 6.45) is 0. The van der Waals surface area contributed by atoms with Crippen LogP contribution >= 0.6 is 27.7 Å². The molecule has 0 aliphatic rings.